The number of piperidine rings is 1. The molecule has 10 heteroatoms. The van der Waals surface area contributed by atoms with Gasteiger partial charge in [-0.2, -0.15) is 13.2 Å². The molecule has 164 valence electrons. The smallest absolute Gasteiger partial charge is 0.338 e. The highest BCUT2D eigenvalue weighted by Crippen LogP contribution is 2.41. The fraction of sp³-hybridized carbons (Fsp3) is 0.286. The summed E-state index contributed by atoms with van der Waals surface area (Å²) < 4.78 is 79.0. The molecule has 2 aliphatic heterocycles. The Kier molecular flexibility index (Phi) is 5.28. The molecular formula is C21H18F4N2O3S. The van der Waals surface area contributed by atoms with Crippen molar-refractivity contribution in [3.63, 3.8) is 0 Å². The van der Waals surface area contributed by atoms with Crippen LogP contribution < -0.4 is 4.90 Å². The van der Waals surface area contributed by atoms with E-state index in [4.69, 9.17) is 0 Å². The molecule has 2 aromatic rings. The van der Waals surface area contributed by atoms with Crippen LogP contribution in [0.4, 0.5) is 28.9 Å². The second kappa shape index (κ2) is 7.67. The summed E-state index contributed by atoms with van der Waals surface area (Å²) in [6.07, 6.45) is -1.03. The monoisotopic (exact) mass is 454 g/mol. The van der Waals surface area contributed by atoms with Crippen molar-refractivity contribution >= 4 is 27.1 Å². The molecule has 1 fully saturated rings. The molecule has 0 radical (unpaired) electrons. The largest absolute Gasteiger partial charge is 0.416 e. The maximum Gasteiger partial charge on any atom is 0.416 e. The summed E-state index contributed by atoms with van der Waals surface area (Å²) >= 11 is 0. The van der Waals surface area contributed by atoms with Gasteiger partial charge in [-0.25, -0.2) is 12.8 Å². The molecule has 0 N–H and O–H groups in total. The van der Waals surface area contributed by atoms with Crippen molar-refractivity contribution in [3.8, 4) is 0 Å². The van der Waals surface area contributed by atoms with E-state index < -0.39 is 38.2 Å². The highest BCUT2D eigenvalue weighted by atomic mass is 32.2. The lowest BCUT2D eigenvalue weighted by atomic mass is 10.1. The number of alkyl halides is 3. The molecule has 0 aliphatic carbocycles. The van der Waals surface area contributed by atoms with Gasteiger partial charge in [0.25, 0.3) is 5.91 Å². The predicted molar refractivity (Wildman–Crippen MR) is 106 cm³/mol. The third kappa shape index (κ3) is 3.91. The van der Waals surface area contributed by atoms with Gasteiger partial charge in [-0.05, 0) is 61.7 Å². The van der Waals surface area contributed by atoms with Gasteiger partial charge < -0.3 is 9.80 Å². The Morgan fingerprint density at radius 1 is 0.935 bits per heavy atom. The van der Waals surface area contributed by atoms with Crippen LogP contribution in [0.25, 0.3) is 0 Å². The zero-order valence-electron chi connectivity index (χ0n) is 16.2. The quantitative estimate of drug-likeness (QED) is 0.491. The van der Waals surface area contributed by atoms with Crippen molar-refractivity contribution < 1.29 is 30.8 Å². The number of likely N-dealkylation sites (tertiary alicyclic amines) is 1. The van der Waals surface area contributed by atoms with Crippen molar-refractivity contribution in [2.24, 2.45) is 0 Å². The molecule has 1 saturated heterocycles. The van der Waals surface area contributed by atoms with Crippen LogP contribution in [-0.2, 0) is 20.8 Å². The van der Waals surface area contributed by atoms with E-state index in [-0.39, 0.29) is 16.3 Å². The maximum absolute atomic E-state index is 13.9. The van der Waals surface area contributed by atoms with Gasteiger partial charge in [0, 0.05) is 25.0 Å². The molecule has 0 saturated carbocycles. The summed E-state index contributed by atoms with van der Waals surface area (Å²) in [6, 6.07) is 6.99. The van der Waals surface area contributed by atoms with E-state index in [1.807, 2.05) is 0 Å². The van der Waals surface area contributed by atoms with Crippen LogP contribution in [0.2, 0.25) is 0 Å². The molecule has 0 atom stereocenters. The third-order valence-corrected chi connectivity index (χ3v) is 7.12. The number of hydrogen-bond acceptors (Lipinski definition) is 4. The van der Waals surface area contributed by atoms with E-state index in [1.54, 1.807) is 0 Å². The number of rotatable bonds is 2. The van der Waals surface area contributed by atoms with Crippen LogP contribution in [0.1, 0.15) is 24.8 Å². The van der Waals surface area contributed by atoms with Crippen molar-refractivity contribution in [1.82, 2.24) is 4.90 Å². The molecule has 2 aromatic carbocycles. The fourth-order valence-corrected chi connectivity index (χ4v) is 5.25. The summed E-state index contributed by atoms with van der Waals surface area (Å²) in [4.78, 5) is 14.9. The topological polar surface area (TPSA) is 57.7 Å². The number of benzene rings is 2. The van der Waals surface area contributed by atoms with E-state index >= 15 is 0 Å². The van der Waals surface area contributed by atoms with Gasteiger partial charge >= 0.3 is 6.18 Å². The maximum atomic E-state index is 13.9. The minimum absolute atomic E-state index is 0.0741. The van der Waals surface area contributed by atoms with Crippen molar-refractivity contribution in [1.29, 1.82) is 0 Å². The number of hydrogen-bond donors (Lipinski definition) is 0. The zero-order valence-corrected chi connectivity index (χ0v) is 17.0. The number of anilines is 2. The molecule has 2 heterocycles. The average molecular weight is 454 g/mol. The highest BCUT2D eigenvalue weighted by molar-refractivity contribution is 7.96. The Bertz CT molecular complexity index is 1150. The summed E-state index contributed by atoms with van der Waals surface area (Å²) in [5.41, 5.74) is -0.789. The van der Waals surface area contributed by atoms with Crippen molar-refractivity contribution in [2.45, 2.75) is 30.3 Å². The predicted octanol–water partition coefficient (Wildman–Crippen LogP) is 4.62. The van der Waals surface area contributed by atoms with Gasteiger partial charge in [0.2, 0.25) is 9.84 Å². The summed E-state index contributed by atoms with van der Waals surface area (Å²) in [5, 5.41) is 0. The van der Waals surface area contributed by atoms with Gasteiger partial charge in [-0.3, -0.25) is 4.79 Å². The number of carbonyl (C=O) groups is 1. The van der Waals surface area contributed by atoms with Gasteiger partial charge in [0.15, 0.2) is 4.91 Å². The number of sulfone groups is 1. The first-order valence-corrected chi connectivity index (χ1v) is 11.1. The van der Waals surface area contributed by atoms with Crippen LogP contribution in [0, 0.1) is 5.82 Å². The number of halogens is 4. The summed E-state index contributed by atoms with van der Waals surface area (Å²) in [6.45, 7) is 0.838. The molecule has 31 heavy (non-hydrogen) atoms. The van der Waals surface area contributed by atoms with Crippen molar-refractivity contribution in [2.75, 3.05) is 18.0 Å². The standard InChI is InChI=1S/C21H18F4N2O3S/c22-15-6-9-18-17(12-15)27(16-7-4-14(5-8-16)21(23,24)25)13-19(31(18,29)30)20(28)26-10-2-1-3-11-26/h4-9,12-13H,1-3,10-11H2. The number of carbonyl (C=O) groups excluding carboxylic acids is 1. The minimum atomic E-state index is -4.54. The molecule has 4 rings (SSSR count). The Labute approximate surface area is 176 Å². The van der Waals surface area contributed by atoms with E-state index in [9.17, 15) is 30.8 Å². The first-order chi connectivity index (χ1) is 14.6. The Balaban J connectivity index is 1.84. The van der Waals surface area contributed by atoms with Gasteiger partial charge in [0.05, 0.1) is 16.1 Å². The molecule has 0 spiro atoms. The van der Waals surface area contributed by atoms with E-state index in [1.165, 1.54) is 9.80 Å². The SMILES string of the molecule is O=C(C1=CN(c2ccc(C(F)(F)F)cc2)c2cc(F)ccc2S1(=O)=O)N1CCCCC1. The third-order valence-electron chi connectivity index (χ3n) is 5.33. The average Bonchev–Trinajstić information content (AvgIpc) is 2.73. The van der Waals surface area contributed by atoms with Crippen LogP contribution in [0.15, 0.2) is 58.5 Å². The molecule has 2 aliphatic rings. The fourth-order valence-electron chi connectivity index (χ4n) is 3.73. The van der Waals surface area contributed by atoms with Gasteiger partial charge in [-0.1, -0.05) is 0 Å². The van der Waals surface area contributed by atoms with Gasteiger partial charge in [-0.15, -0.1) is 0 Å². The number of nitrogens with zero attached hydrogens (tertiary/aromatic N) is 2. The van der Waals surface area contributed by atoms with Crippen LogP contribution in [0.5, 0.6) is 0 Å². The molecule has 0 unspecified atom stereocenters. The normalized spacial score (nSPS) is 18.4. The summed E-state index contributed by atoms with van der Waals surface area (Å²) in [5.74, 6) is -1.39. The van der Waals surface area contributed by atoms with E-state index in [0.717, 1.165) is 67.9 Å². The Morgan fingerprint density at radius 3 is 2.19 bits per heavy atom. The first-order valence-electron chi connectivity index (χ1n) is 9.61. The first kappa shape index (κ1) is 21.4. The lowest BCUT2D eigenvalue weighted by Gasteiger charge is -2.32. The second-order valence-corrected chi connectivity index (χ2v) is 9.26. The molecule has 0 bridgehead atoms. The minimum Gasteiger partial charge on any atom is -0.338 e. The highest BCUT2D eigenvalue weighted by Gasteiger charge is 2.38. The molecular weight excluding hydrogens is 436 g/mol. The lowest BCUT2D eigenvalue weighted by molar-refractivity contribution is -0.137. The van der Waals surface area contributed by atoms with Crippen LogP contribution in [0.3, 0.4) is 0 Å². The lowest BCUT2D eigenvalue weighted by Crippen LogP contribution is -2.39. The number of fused-ring (bicyclic) bond motifs is 1. The summed E-state index contributed by atoms with van der Waals surface area (Å²) in [7, 11) is -4.24. The molecule has 0 aromatic heterocycles. The Hall–Kier alpha value is -2.88. The van der Waals surface area contributed by atoms with E-state index in [2.05, 4.69) is 0 Å². The van der Waals surface area contributed by atoms with Gasteiger partial charge in [0.1, 0.15) is 5.82 Å². The second-order valence-electron chi connectivity index (χ2n) is 7.38. The van der Waals surface area contributed by atoms with Crippen LogP contribution >= 0.6 is 0 Å². The zero-order chi connectivity index (χ0) is 22.4. The number of amides is 1. The van der Waals surface area contributed by atoms with Crippen molar-refractivity contribution in [3.05, 3.63) is 65.0 Å². The van der Waals surface area contributed by atoms with Crippen LogP contribution in [-0.4, -0.2) is 32.3 Å². The molecule has 5 nitrogen and oxygen atoms in total. The van der Waals surface area contributed by atoms with E-state index in [0.29, 0.717) is 13.1 Å². The Morgan fingerprint density at radius 2 is 1.58 bits per heavy atom. The molecule has 1 amide bonds.